The van der Waals surface area contributed by atoms with Gasteiger partial charge in [0.15, 0.2) is 0 Å². The topological polar surface area (TPSA) is 159 Å². The van der Waals surface area contributed by atoms with Crippen LogP contribution in [-0.4, -0.2) is 90.1 Å². The van der Waals surface area contributed by atoms with Gasteiger partial charge in [0.2, 0.25) is 11.9 Å². The van der Waals surface area contributed by atoms with Gasteiger partial charge in [-0.25, -0.2) is 13.4 Å². The van der Waals surface area contributed by atoms with Gasteiger partial charge in [0.1, 0.15) is 27.5 Å². The highest BCUT2D eigenvalue weighted by Crippen LogP contribution is 2.30. The van der Waals surface area contributed by atoms with Gasteiger partial charge in [0.25, 0.3) is 0 Å². The number of anilines is 1. The molecule has 3 N–H and O–H groups in total. The lowest BCUT2D eigenvalue weighted by Gasteiger charge is -2.36. The summed E-state index contributed by atoms with van der Waals surface area (Å²) < 4.78 is 36.2. The van der Waals surface area contributed by atoms with E-state index in [9.17, 15) is 18.0 Å². The average molecular weight is 627 g/mol. The molecule has 2 aliphatic rings. The molecule has 1 amide bonds. The summed E-state index contributed by atoms with van der Waals surface area (Å²) >= 11 is 0. The standard InChI is InChI=1S/C31H42N6O6S/c1-44(40,41)21-3-20-42-27-5-2-4-26-25(27)14-19-37(26)28-11-16-33-31(35-28)34-23-8-6-22(7-9-23)30(39)36-17-12-24(13-18-36)43-29(38)10-15-32/h2,4-5,11,14,16,19,22-24H,3,6-10,12-13,15,17-18,20-21,32H2,1H3,(H,33,34,35). The number of ether oxygens (including phenoxy) is 2. The van der Waals surface area contributed by atoms with Crippen LogP contribution in [0.15, 0.2) is 42.7 Å². The van der Waals surface area contributed by atoms with E-state index in [1.807, 2.05) is 46.0 Å². The van der Waals surface area contributed by atoms with Gasteiger partial charge in [-0.2, -0.15) is 4.98 Å². The number of sulfone groups is 1. The zero-order chi connectivity index (χ0) is 31.1. The normalized spacial score (nSPS) is 19.5. The SMILES string of the molecule is CS(=O)(=O)CCCOc1cccc2c1ccn2-c1ccnc(NC2CCC(C(=O)N3CCC(OC(=O)CCN)CC3)CC2)n1. The monoisotopic (exact) mass is 626 g/mol. The third kappa shape index (κ3) is 8.26. The molecule has 1 saturated carbocycles. The van der Waals surface area contributed by atoms with E-state index in [-0.39, 0.29) is 48.7 Å². The number of carbonyl (C=O) groups excluding carboxylic acids is 2. The maximum Gasteiger partial charge on any atom is 0.307 e. The Hall–Kier alpha value is -3.71. The van der Waals surface area contributed by atoms with Crippen molar-refractivity contribution in [3.63, 3.8) is 0 Å². The molecule has 3 heterocycles. The van der Waals surface area contributed by atoms with Crippen LogP contribution in [0.2, 0.25) is 0 Å². The fourth-order valence-corrected chi connectivity index (χ4v) is 6.65. The quantitative estimate of drug-likeness (QED) is 0.226. The molecule has 0 radical (unpaired) electrons. The number of hydrogen-bond donors (Lipinski definition) is 2. The summed E-state index contributed by atoms with van der Waals surface area (Å²) in [6.45, 7) is 1.83. The van der Waals surface area contributed by atoms with E-state index in [0.717, 1.165) is 36.6 Å². The number of benzene rings is 1. The van der Waals surface area contributed by atoms with E-state index in [0.29, 0.717) is 56.5 Å². The summed E-state index contributed by atoms with van der Waals surface area (Å²) in [7, 11) is -3.02. The number of piperidine rings is 1. The van der Waals surface area contributed by atoms with Gasteiger partial charge in [-0.3, -0.25) is 9.59 Å². The highest BCUT2D eigenvalue weighted by Gasteiger charge is 2.32. The fourth-order valence-electron chi connectivity index (χ4n) is 6.00. The Bertz CT molecular complexity index is 1540. The van der Waals surface area contributed by atoms with Gasteiger partial charge < -0.3 is 30.0 Å². The van der Waals surface area contributed by atoms with Gasteiger partial charge in [-0.05, 0) is 56.4 Å². The molecule has 44 heavy (non-hydrogen) atoms. The molecule has 12 nitrogen and oxygen atoms in total. The van der Waals surface area contributed by atoms with E-state index >= 15 is 0 Å². The summed E-state index contributed by atoms with van der Waals surface area (Å²) in [6, 6.07) is 9.77. The van der Waals surface area contributed by atoms with Crippen LogP contribution < -0.4 is 15.8 Å². The molecule has 1 saturated heterocycles. The van der Waals surface area contributed by atoms with Crippen molar-refractivity contribution < 1.29 is 27.5 Å². The first-order valence-electron chi connectivity index (χ1n) is 15.4. The van der Waals surface area contributed by atoms with Crippen LogP contribution in [-0.2, 0) is 24.2 Å². The van der Waals surface area contributed by atoms with Crippen LogP contribution in [0.1, 0.15) is 51.4 Å². The van der Waals surface area contributed by atoms with Gasteiger partial charge in [-0.15, -0.1) is 0 Å². The van der Waals surface area contributed by atoms with Gasteiger partial charge in [0, 0.05) is 68.5 Å². The first kappa shape index (κ1) is 31.7. The molecular weight excluding hydrogens is 584 g/mol. The Kier molecular flexibility index (Phi) is 10.4. The van der Waals surface area contributed by atoms with E-state index in [1.165, 1.54) is 6.26 Å². The number of rotatable bonds is 12. The van der Waals surface area contributed by atoms with Gasteiger partial charge >= 0.3 is 5.97 Å². The summed E-state index contributed by atoms with van der Waals surface area (Å²) in [6.07, 6.45) is 10.1. The number of nitrogens with zero attached hydrogens (tertiary/aromatic N) is 4. The minimum atomic E-state index is -3.02. The second-order valence-corrected chi connectivity index (χ2v) is 14.0. The zero-order valence-corrected chi connectivity index (χ0v) is 26.0. The number of likely N-dealkylation sites (tertiary alicyclic amines) is 1. The van der Waals surface area contributed by atoms with Crippen molar-refractivity contribution in [3.8, 4) is 11.6 Å². The molecular formula is C31H42N6O6S. The lowest BCUT2D eigenvalue weighted by atomic mass is 9.85. The Morgan fingerprint density at radius 1 is 1.07 bits per heavy atom. The maximum absolute atomic E-state index is 13.2. The van der Waals surface area contributed by atoms with Crippen molar-refractivity contribution in [3.05, 3.63) is 42.7 Å². The molecule has 1 aliphatic carbocycles. The summed E-state index contributed by atoms with van der Waals surface area (Å²) in [4.78, 5) is 36.1. The van der Waals surface area contributed by atoms with Crippen LogP contribution in [0.5, 0.6) is 5.75 Å². The van der Waals surface area contributed by atoms with Gasteiger partial charge in [-0.1, -0.05) is 6.07 Å². The second kappa shape index (κ2) is 14.4. The predicted molar refractivity (Wildman–Crippen MR) is 167 cm³/mol. The lowest BCUT2D eigenvalue weighted by molar-refractivity contribution is -0.152. The first-order valence-corrected chi connectivity index (χ1v) is 17.4. The second-order valence-electron chi connectivity index (χ2n) is 11.7. The molecule has 13 heteroatoms. The van der Waals surface area contributed by atoms with Gasteiger partial charge in [0.05, 0.1) is 24.3 Å². The van der Waals surface area contributed by atoms with E-state index in [1.54, 1.807) is 6.20 Å². The molecule has 2 aromatic heterocycles. The Balaban J connectivity index is 1.13. The lowest BCUT2D eigenvalue weighted by Crippen LogP contribution is -2.45. The number of nitrogens with one attached hydrogen (secondary N) is 1. The van der Waals surface area contributed by atoms with Crippen LogP contribution >= 0.6 is 0 Å². The van der Waals surface area contributed by atoms with Crippen molar-refractivity contribution >= 4 is 38.6 Å². The Morgan fingerprint density at radius 2 is 1.84 bits per heavy atom. The minimum Gasteiger partial charge on any atom is -0.493 e. The van der Waals surface area contributed by atoms with E-state index in [4.69, 9.17) is 20.2 Å². The molecule has 3 aromatic rings. The first-order chi connectivity index (χ1) is 21.2. The molecule has 5 rings (SSSR count). The van der Waals surface area contributed by atoms with Crippen LogP contribution in [0.4, 0.5) is 5.95 Å². The maximum atomic E-state index is 13.2. The van der Waals surface area contributed by atoms with E-state index in [2.05, 4.69) is 10.3 Å². The van der Waals surface area contributed by atoms with Crippen molar-refractivity contribution in [1.29, 1.82) is 0 Å². The third-order valence-electron chi connectivity index (χ3n) is 8.31. The highest BCUT2D eigenvalue weighted by molar-refractivity contribution is 7.90. The number of esters is 1. The average Bonchev–Trinajstić information content (AvgIpc) is 3.45. The smallest absolute Gasteiger partial charge is 0.307 e. The minimum absolute atomic E-state index is 0.00525. The largest absolute Gasteiger partial charge is 0.493 e. The predicted octanol–water partition coefficient (Wildman–Crippen LogP) is 3.09. The summed E-state index contributed by atoms with van der Waals surface area (Å²) in [5, 5.41) is 4.39. The number of carbonyl (C=O) groups is 2. The molecule has 0 bridgehead atoms. The number of amides is 1. The summed E-state index contributed by atoms with van der Waals surface area (Å²) in [5.74, 6) is 1.99. The summed E-state index contributed by atoms with van der Waals surface area (Å²) in [5.41, 5.74) is 6.35. The van der Waals surface area contributed by atoms with Crippen molar-refractivity contribution in [2.75, 3.05) is 43.6 Å². The van der Waals surface area contributed by atoms with Crippen molar-refractivity contribution in [2.45, 2.75) is 63.5 Å². The molecule has 0 spiro atoms. The zero-order valence-electron chi connectivity index (χ0n) is 25.2. The molecule has 0 atom stereocenters. The molecule has 2 fully saturated rings. The molecule has 1 aliphatic heterocycles. The third-order valence-corrected chi connectivity index (χ3v) is 9.34. The molecule has 0 unspecified atom stereocenters. The molecule has 238 valence electrons. The van der Waals surface area contributed by atoms with Crippen molar-refractivity contribution in [1.82, 2.24) is 19.4 Å². The number of aromatic nitrogens is 3. The number of fused-ring (bicyclic) bond motifs is 1. The van der Waals surface area contributed by atoms with E-state index < -0.39 is 9.84 Å². The van der Waals surface area contributed by atoms with Crippen molar-refractivity contribution in [2.24, 2.45) is 11.7 Å². The fraction of sp³-hybridized carbons (Fsp3) is 0.548. The number of nitrogens with two attached hydrogens (primary N) is 1. The number of hydrogen-bond acceptors (Lipinski definition) is 10. The van der Waals surface area contributed by atoms with Crippen LogP contribution in [0.3, 0.4) is 0 Å². The van der Waals surface area contributed by atoms with Crippen LogP contribution in [0.25, 0.3) is 16.7 Å². The highest BCUT2D eigenvalue weighted by atomic mass is 32.2. The van der Waals surface area contributed by atoms with Crippen LogP contribution in [0, 0.1) is 5.92 Å². The Morgan fingerprint density at radius 3 is 2.57 bits per heavy atom. The molecule has 1 aromatic carbocycles. The Labute approximate surface area is 258 Å².